The minimum atomic E-state index is 0.345. The Labute approximate surface area is 98.6 Å². The normalized spacial score (nSPS) is 22.8. The summed E-state index contributed by atoms with van der Waals surface area (Å²) in [5.74, 6) is 1.71. The first kappa shape index (κ1) is 11.9. The largest absolute Gasteiger partial charge is 0.345 e. The molecule has 1 amide bonds. The number of hydrogen-bond acceptors (Lipinski definition) is 2. The van der Waals surface area contributed by atoms with Gasteiger partial charge < -0.3 is 10.2 Å². The van der Waals surface area contributed by atoms with Gasteiger partial charge in [0.05, 0.1) is 0 Å². The first-order valence-corrected chi connectivity index (χ1v) is 6.70. The fourth-order valence-electron chi connectivity index (χ4n) is 2.75. The van der Waals surface area contributed by atoms with Crippen LogP contribution >= 0.6 is 0 Å². The van der Waals surface area contributed by atoms with E-state index in [0.29, 0.717) is 11.8 Å². The highest BCUT2D eigenvalue weighted by Crippen LogP contribution is 2.24. The van der Waals surface area contributed by atoms with Crippen LogP contribution < -0.4 is 5.32 Å². The molecule has 92 valence electrons. The van der Waals surface area contributed by atoms with Crippen molar-refractivity contribution in [2.24, 2.45) is 11.8 Å². The molecule has 16 heavy (non-hydrogen) atoms. The Hall–Kier alpha value is -0.570. The molecule has 0 radical (unpaired) electrons. The number of amides is 1. The molecule has 1 aliphatic carbocycles. The maximum Gasteiger partial charge on any atom is 0.222 e. The first-order valence-electron chi connectivity index (χ1n) is 6.70. The van der Waals surface area contributed by atoms with E-state index in [1.807, 2.05) is 11.9 Å². The molecule has 3 nitrogen and oxygen atoms in total. The van der Waals surface area contributed by atoms with E-state index in [9.17, 15) is 4.79 Å². The fraction of sp³-hybridized carbons (Fsp3) is 0.923. The summed E-state index contributed by atoms with van der Waals surface area (Å²) in [7, 11) is 1.98. The van der Waals surface area contributed by atoms with Gasteiger partial charge in [0.15, 0.2) is 0 Å². The molecule has 2 rings (SSSR count). The summed E-state index contributed by atoms with van der Waals surface area (Å²) in [6.07, 6.45) is 7.50. The van der Waals surface area contributed by atoms with Gasteiger partial charge in [-0.05, 0) is 37.8 Å². The monoisotopic (exact) mass is 224 g/mol. The van der Waals surface area contributed by atoms with Crippen molar-refractivity contribution in [1.29, 1.82) is 0 Å². The number of nitrogens with one attached hydrogen (secondary N) is 1. The summed E-state index contributed by atoms with van der Waals surface area (Å²) in [4.78, 5) is 13.9. The quantitative estimate of drug-likeness (QED) is 0.787. The first-order chi connectivity index (χ1) is 7.75. The van der Waals surface area contributed by atoms with Crippen molar-refractivity contribution >= 4 is 5.91 Å². The Morgan fingerprint density at radius 1 is 1.19 bits per heavy atom. The third kappa shape index (κ3) is 3.21. The summed E-state index contributed by atoms with van der Waals surface area (Å²) in [6.45, 7) is 3.05. The molecule has 0 spiro atoms. The second kappa shape index (κ2) is 5.67. The second-order valence-corrected chi connectivity index (χ2v) is 5.51. The van der Waals surface area contributed by atoms with Gasteiger partial charge in [-0.15, -0.1) is 0 Å². The van der Waals surface area contributed by atoms with Crippen LogP contribution in [0.3, 0.4) is 0 Å². The number of carbonyl (C=O) groups is 1. The zero-order valence-electron chi connectivity index (χ0n) is 10.4. The van der Waals surface area contributed by atoms with Crippen LogP contribution in [-0.2, 0) is 4.79 Å². The van der Waals surface area contributed by atoms with Crippen LogP contribution in [0.25, 0.3) is 0 Å². The van der Waals surface area contributed by atoms with E-state index in [1.165, 1.54) is 32.1 Å². The molecule has 0 bridgehead atoms. The molecule has 1 saturated heterocycles. The molecule has 0 atom stereocenters. The van der Waals surface area contributed by atoms with Crippen LogP contribution in [0, 0.1) is 11.8 Å². The maximum atomic E-state index is 11.9. The lowest BCUT2D eigenvalue weighted by Crippen LogP contribution is -2.45. The highest BCUT2D eigenvalue weighted by Gasteiger charge is 2.23. The lowest BCUT2D eigenvalue weighted by molar-refractivity contribution is -0.132. The van der Waals surface area contributed by atoms with E-state index in [1.54, 1.807) is 0 Å². The Kier molecular flexibility index (Phi) is 4.22. The lowest BCUT2D eigenvalue weighted by Gasteiger charge is -2.31. The molecule has 3 heteroatoms. The Morgan fingerprint density at radius 2 is 1.88 bits per heavy atom. The molecule has 0 aromatic rings. The van der Waals surface area contributed by atoms with E-state index in [-0.39, 0.29) is 0 Å². The van der Waals surface area contributed by atoms with E-state index < -0.39 is 0 Å². The summed E-state index contributed by atoms with van der Waals surface area (Å²) >= 11 is 0. The molecule has 1 saturated carbocycles. The van der Waals surface area contributed by atoms with Gasteiger partial charge >= 0.3 is 0 Å². The van der Waals surface area contributed by atoms with Crippen molar-refractivity contribution < 1.29 is 4.79 Å². The molecule has 0 aromatic carbocycles. The van der Waals surface area contributed by atoms with Crippen molar-refractivity contribution in [2.75, 3.05) is 26.7 Å². The fourth-order valence-corrected chi connectivity index (χ4v) is 2.75. The summed E-state index contributed by atoms with van der Waals surface area (Å²) in [6, 6.07) is 0. The highest BCUT2D eigenvalue weighted by molar-refractivity contribution is 5.76. The van der Waals surface area contributed by atoms with Crippen LogP contribution in [0.5, 0.6) is 0 Å². The molecule has 1 heterocycles. The van der Waals surface area contributed by atoms with Gasteiger partial charge in [-0.25, -0.2) is 0 Å². The third-order valence-electron chi connectivity index (χ3n) is 4.01. The SMILES string of the molecule is CN(CC1CCCCC1)C(=O)CC1CNC1. The molecule has 2 fully saturated rings. The second-order valence-electron chi connectivity index (χ2n) is 5.51. The molecular formula is C13H24N2O. The summed E-state index contributed by atoms with van der Waals surface area (Å²) in [5.41, 5.74) is 0. The molecule has 1 N–H and O–H groups in total. The van der Waals surface area contributed by atoms with Gasteiger partial charge in [-0.2, -0.15) is 0 Å². The van der Waals surface area contributed by atoms with Gasteiger partial charge in [0.25, 0.3) is 0 Å². The van der Waals surface area contributed by atoms with Gasteiger partial charge in [-0.1, -0.05) is 19.3 Å². The number of hydrogen-bond donors (Lipinski definition) is 1. The highest BCUT2D eigenvalue weighted by atomic mass is 16.2. The number of rotatable bonds is 4. The molecule has 0 unspecified atom stereocenters. The van der Waals surface area contributed by atoms with Crippen molar-refractivity contribution in [3.05, 3.63) is 0 Å². The average Bonchev–Trinajstić information content (AvgIpc) is 2.24. The van der Waals surface area contributed by atoms with Crippen LogP contribution in [-0.4, -0.2) is 37.5 Å². The van der Waals surface area contributed by atoms with Crippen LogP contribution in [0.1, 0.15) is 38.5 Å². The predicted octanol–water partition coefficient (Wildman–Crippen LogP) is 1.63. The van der Waals surface area contributed by atoms with Crippen molar-refractivity contribution in [3.63, 3.8) is 0 Å². The number of nitrogens with zero attached hydrogens (tertiary/aromatic N) is 1. The Bertz CT molecular complexity index is 232. The third-order valence-corrected chi connectivity index (χ3v) is 4.01. The van der Waals surface area contributed by atoms with Crippen molar-refractivity contribution in [3.8, 4) is 0 Å². The van der Waals surface area contributed by atoms with E-state index >= 15 is 0 Å². The van der Waals surface area contributed by atoms with Crippen molar-refractivity contribution in [2.45, 2.75) is 38.5 Å². The zero-order valence-corrected chi connectivity index (χ0v) is 10.4. The van der Waals surface area contributed by atoms with Gasteiger partial charge in [0, 0.05) is 20.0 Å². The maximum absolute atomic E-state index is 11.9. The summed E-state index contributed by atoms with van der Waals surface area (Å²) in [5, 5.41) is 3.22. The predicted molar refractivity (Wildman–Crippen MR) is 65.2 cm³/mol. The van der Waals surface area contributed by atoms with Crippen LogP contribution in [0.4, 0.5) is 0 Å². The van der Waals surface area contributed by atoms with E-state index in [2.05, 4.69) is 5.32 Å². The summed E-state index contributed by atoms with van der Waals surface area (Å²) < 4.78 is 0. The minimum Gasteiger partial charge on any atom is -0.345 e. The Morgan fingerprint density at radius 3 is 2.44 bits per heavy atom. The van der Waals surface area contributed by atoms with Gasteiger partial charge in [-0.3, -0.25) is 4.79 Å². The molecule has 1 aliphatic heterocycles. The van der Waals surface area contributed by atoms with Gasteiger partial charge in [0.2, 0.25) is 5.91 Å². The molecule has 0 aromatic heterocycles. The molecule has 2 aliphatic rings. The van der Waals surface area contributed by atoms with E-state index in [0.717, 1.165) is 32.0 Å². The van der Waals surface area contributed by atoms with Gasteiger partial charge in [0.1, 0.15) is 0 Å². The topological polar surface area (TPSA) is 32.3 Å². The molecular weight excluding hydrogens is 200 g/mol. The van der Waals surface area contributed by atoms with E-state index in [4.69, 9.17) is 0 Å². The Balaban J connectivity index is 1.68. The van der Waals surface area contributed by atoms with Crippen LogP contribution in [0.2, 0.25) is 0 Å². The standard InChI is InChI=1S/C13H24N2O/c1-15(10-11-5-3-2-4-6-11)13(16)7-12-8-14-9-12/h11-12,14H,2-10H2,1H3. The van der Waals surface area contributed by atoms with Crippen molar-refractivity contribution in [1.82, 2.24) is 10.2 Å². The smallest absolute Gasteiger partial charge is 0.222 e. The van der Waals surface area contributed by atoms with Crippen LogP contribution in [0.15, 0.2) is 0 Å². The average molecular weight is 224 g/mol. The minimum absolute atomic E-state index is 0.345. The number of carbonyl (C=O) groups excluding carboxylic acids is 1. The zero-order chi connectivity index (χ0) is 11.4. The lowest BCUT2D eigenvalue weighted by atomic mass is 9.89.